The van der Waals surface area contributed by atoms with E-state index in [0.29, 0.717) is 21.7 Å². The van der Waals surface area contributed by atoms with E-state index in [1.54, 1.807) is 31.2 Å². The van der Waals surface area contributed by atoms with Crippen LogP contribution in [0.5, 0.6) is 0 Å². The van der Waals surface area contributed by atoms with E-state index in [0.717, 1.165) is 11.5 Å². The summed E-state index contributed by atoms with van der Waals surface area (Å²) in [6.45, 7) is 0.849. The molecule has 0 bridgehead atoms. The zero-order valence-corrected chi connectivity index (χ0v) is 17.6. The van der Waals surface area contributed by atoms with Crippen LogP contribution in [-0.2, 0) is 21.1 Å². The third kappa shape index (κ3) is 6.34. The molecule has 1 N–H and O–H groups in total. The highest BCUT2D eigenvalue weighted by Gasteiger charge is 2.20. The van der Waals surface area contributed by atoms with Crippen molar-refractivity contribution in [3.8, 4) is 0 Å². The lowest BCUT2D eigenvalue weighted by molar-refractivity contribution is -0.115. The van der Waals surface area contributed by atoms with E-state index in [4.69, 9.17) is 32.9 Å². The van der Waals surface area contributed by atoms with Gasteiger partial charge in [0.1, 0.15) is 13.7 Å². The Morgan fingerprint density at radius 3 is 2.66 bits per heavy atom. The summed E-state index contributed by atoms with van der Waals surface area (Å²) in [5, 5.41) is 10.2. The molecule has 0 aliphatic heterocycles. The lowest BCUT2D eigenvalue weighted by atomic mass is 10.0. The molecule has 7 nitrogen and oxygen atoms in total. The molecule has 0 atom stereocenters. The summed E-state index contributed by atoms with van der Waals surface area (Å²) in [7, 11) is 1.25. The first-order chi connectivity index (χ1) is 13.8. The highest BCUT2D eigenvalue weighted by molar-refractivity contribution is 7.09. The van der Waals surface area contributed by atoms with Crippen LogP contribution in [0.4, 0.5) is 8.78 Å². The Balaban J connectivity index is 2.18. The molecule has 2 aromatic rings. The normalized spacial score (nSPS) is 12.2. The van der Waals surface area contributed by atoms with Crippen molar-refractivity contribution in [3.63, 3.8) is 0 Å². The summed E-state index contributed by atoms with van der Waals surface area (Å²) in [6, 6.07) is 6.66. The van der Waals surface area contributed by atoms with Gasteiger partial charge in [-0.1, -0.05) is 57.8 Å². The molecule has 1 heterocycles. The number of nitrogens with one attached hydrogen (secondary N) is 1. The molecule has 0 aliphatic carbocycles. The molecule has 0 saturated heterocycles. The number of carbonyl (C=O) groups excluding carboxylic acids is 1. The lowest BCUT2D eigenvalue weighted by Crippen LogP contribution is -2.35. The maximum atomic E-state index is 12.4. The van der Waals surface area contributed by atoms with Gasteiger partial charge in [0.05, 0.1) is 22.2 Å². The zero-order valence-electron chi connectivity index (χ0n) is 15.3. The number of aromatic nitrogens is 1. The molecule has 0 radical (unpaired) electrons. The molecule has 1 aromatic carbocycles. The summed E-state index contributed by atoms with van der Waals surface area (Å²) in [5.41, 5.74) is 1.20. The van der Waals surface area contributed by atoms with E-state index in [2.05, 4.69) is 20.0 Å². The quantitative estimate of drug-likeness (QED) is 0.446. The summed E-state index contributed by atoms with van der Waals surface area (Å²) in [4.78, 5) is 22.9. The van der Waals surface area contributed by atoms with Gasteiger partial charge in [0, 0.05) is 11.1 Å². The van der Waals surface area contributed by atoms with Crippen molar-refractivity contribution in [1.29, 1.82) is 0 Å². The van der Waals surface area contributed by atoms with Crippen molar-refractivity contribution >= 4 is 52.1 Å². The van der Waals surface area contributed by atoms with Crippen LogP contribution < -0.4 is 5.32 Å². The lowest BCUT2D eigenvalue weighted by Gasteiger charge is -2.11. The summed E-state index contributed by atoms with van der Waals surface area (Å²) < 4.78 is 28.7. The topological polar surface area (TPSA) is 85.2 Å². The molecule has 29 heavy (non-hydrogen) atoms. The molecule has 0 fully saturated rings. The maximum Gasteiger partial charge on any atom is 0.274 e. The average molecular weight is 465 g/mol. The monoisotopic (exact) mass is 464 g/mol. The minimum Gasteiger partial charge on any atom is -0.398 e. The van der Waals surface area contributed by atoms with E-state index < -0.39 is 18.9 Å². The highest BCUT2D eigenvalue weighted by atomic mass is 35.5. The number of alkyl halides is 2. The first-order valence-corrected chi connectivity index (χ1v) is 9.61. The van der Waals surface area contributed by atoms with E-state index in [-0.39, 0.29) is 22.5 Å². The van der Waals surface area contributed by atoms with Gasteiger partial charge in [-0.15, -0.1) is 0 Å². The second kappa shape index (κ2) is 11.0. The SMILES string of the molecule is CO/N=C(/C(=O)NCC(F)F)c1ccccc1CO/N=C(\C)c1snc(Cl)c1Cl. The molecule has 0 aliphatic rings. The van der Waals surface area contributed by atoms with Crippen LogP contribution >= 0.6 is 34.7 Å². The van der Waals surface area contributed by atoms with E-state index in [1.807, 2.05) is 0 Å². The van der Waals surface area contributed by atoms with Gasteiger partial charge >= 0.3 is 0 Å². The number of benzene rings is 1. The molecule has 0 saturated carbocycles. The van der Waals surface area contributed by atoms with Crippen molar-refractivity contribution in [1.82, 2.24) is 9.69 Å². The number of amides is 1. The number of oxime groups is 2. The second-order valence-electron chi connectivity index (χ2n) is 5.45. The predicted molar refractivity (Wildman–Crippen MR) is 108 cm³/mol. The number of carbonyl (C=O) groups is 1. The smallest absolute Gasteiger partial charge is 0.274 e. The Morgan fingerprint density at radius 1 is 1.31 bits per heavy atom. The van der Waals surface area contributed by atoms with Gasteiger partial charge in [0.2, 0.25) is 0 Å². The van der Waals surface area contributed by atoms with Crippen LogP contribution in [0.3, 0.4) is 0 Å². The first kappa shape index (κ1) is 23.0. The van der Waals surface area contributed by atoms with Crippen LogP contribution in [-0.4, -0.2) is 41.8 Å². The Bertz CT molecular complexity index is 922. The zero-order chi connectivity index (χ0) is 21.4. The predicted octanol–water partition coefficient (Wildman–Crippen LogP) is 4.12. The minimum atomic E-state index is -2.69. The molecule has 1 aromatic heterocycles. The third-order valence-electron chi connectivity index (χ3n) is 3.43. The summed E-state index contributed by atoms with van der Waals surface area (Å²) >= 11 is 12.9. The molecular weight excluding hydrogens is 449 g/mol. The Kier molecular flexibility index (Phi) is 8.74. The van der Waals surface area contributed by atoms with Gasteiger partial charge in [-0.3, -0.25) is 4.79 Å². The van der Waals surface area contributed by atoms with Gasteiger partial charge in [-0.2, -0.15) is 4.37 Å². The van der Waals surface area contributed by atoms with Crippen LogP contribution in [0.1, 0.15) is 22.9 Å². The van der Waals surface area contributed by atoms with Crippen molar-refractivity contribution < 1.29 is 23.3 Å². The Labute approximate surface area is 179 Å². The van der Waals surface area contributed by atoms with Gasteiger partial charge in [0.15, 0.2) is 10.9 Å². The summed E-state index contributed by atoms with van der Waals surface area (Å²) in [6.07, 6.45) is -2.69. The standard InChI is InChI=1S/C17H16Cl2F2N4O3S/c1-9(15-13(18)16(19)25-29-15)23-28-8-10-5-3-4-6-11(10)14(24-27-2)17(26)22-7-12(20)21/h3-6,12H,7-8H2,1-2H3,(H,22,26)/b23-9+,24-14+. The van der Waals surface area contributed by atoms with Crippen LogP contribution in [0.2, 0.25) is 10.2 Å². The second-order valence-corrected chi connectivity index (χ2v) is 6.96. The Hall–Kier alpha value is -2.30. The largest absolute Gasteiger partial charge is 0.398 e. The van der Waals surface area contributed by atoms with Crippen molar-refractivity contribution in [2.24, 2.45) is 10.3 Å². The molecule has 2 rings (SSSR count). The Morgan fingerprint density at radius 2 is 2.03 bits per heavy atom. The molecule has 12 heteroatoms. The number of hydrogen-bond acceptors (Lipinski definition) is 7. The highest BCUT2D eigenvalue weighted by Crippen LogP contribution is 2.29. The maximum absolute atomic E-state index is 12.4. The molecule has 0 unspecified atom stereocenters. The van der Waals surface area contributed by atoms with Gasteiger partial charge in [-0.05, 0) is 18.5 Å². The van der Waals surface area contributed by atoms with Crippen molar-refractivity contribution in [3.05, 3.63) is 50.4 Å². The first-order valence-electron chi connectivity index (χ1n) is 8.08. The minimum absolute atomic E-state index is 0.0253. The van der Waals surface area contributed by atoms with Gasteiger partial charge in [-0.25, -0.2) is 8.78 Å². The van der Waals surface area contributed by atoms with Crippen LogP contribution in [0.15, 0.2) is 34.6 Å². The number of hydrogen-bond donors (Lipinski definition) is 1. The van der Waals surface area contributed by atoms with E-state index >= 15 is 0 Å². The molecular formula is C17H16Cl2F2N4O3S. The summed E-state index contributed by atoms with van der Waals surface area (Å²) in [5.74, 6) is -0.801. The molecule has 1 amide bonds. The van der Waals surface area contributed by atoms with Gasteiger partial charge < -0.3 is 15.0 Å². The van der Waals surface area contributed by atoms with Crippen molar-refractivity contribution in [2.75, 3.05) is 13.7 Å². The van der Waals surface area contributed by atoms with E-state index in [1.165, 1.54) is 7.11 Å². The fraction of sp³-hybridized carbons (Fsp3) is 0.294. The number of rotatable bonds is 9. The van der Waals surface area contributed by atoms with Crippen molar-refractivity contribution in [2.45, 2.75) is 20.0 Å². The van der Waals surface area contributed by atoms with Crippen LogP contribution in [0, 0.1) is 0 Å². The number of nitrogens with zero attached hydrogens (tertiary/aromatic N) is 3. The molecule has 0 spiro atoms. The van der Waals surface area contributed by atoms with Crippen LogP contribution in [0.25, 0.3) is 0 Å². The fourth-order valence-corrected chi connectivity index (χ4v) is 3.36. The molecule has 156 valence electrons. The fourth-order valence-electron chi connectivity index (χ4n) is 2.16. The third-order valence-corrected chi connectivity index (χ3v) is 5.34. The number of halogens is 4. The van der Waals surface area contributed by atoms with Gasteiger partial charge in [0.25, 0.3) is 12.3 Å². The average Bonchev–Trinajstić information content (AvgIpc) is 3.03. The van der Waals surface area contributed by atoms with E-state index in [9.17, 15) is 13.6 Å².